The van der Waals surface area contributed by atoms with Crippen molar-refractivity contribution in [2.45, 2.75) is 6.42 Å². The molecule has 0 fully saturated rings. The summed E-state index contributed by atoms with van der Waals surface area (Å²) in [4.78, 5) is 28.7. The Kier molecular flexibility index (Phi) is 6.52. The quantitative estimate of drug-likeness (QED) is 0.644. The fourth-order valence-electron chi connectivity index (χ4n) is 2.68. The van der Waals surface area contributed by atoms with Crippen molar-refractivity contribution in [2.75, 3.05) is 19.0 Å². The lowest BCUT2D eigenvalue weighted by atomic mass is 10.1. The highest BCUT2D eigenvalue weighted by molar-refractivity contribution is 6.05. The van der Waals surface area contributed by atoms with Gasteiger partial charge >= 0.3 is 0 Å². The molecule has 2 aromatic carbocycles. The van der Waals surface area contributed by atoms with E-state index in [9.17, 15) is 14.0 Å². The van der Waals surface area contributed by atoms with Gasteiger partial charge in [-0.05, 0) is 48.4 Å². The van der Waals surface area contributed by atoms with Crippen LogP contribution in [0, 0.1) is 5.82 Å². The fourth-order valence-corrected chi connectivity index (χ4v) is 2.68. The van der Waals surface area contributed by atoms with Crippen LogP contribution in [-0.2, 0) is 6.42 Å². The zero-order chi connectivity index (χ0) is 20.6. The van der Waals surface area contributed by atoms with Crippen LogP contribution < -0.4 is 15.4 Å². The number of anilines is 1. The van der Waals surface area contributed by atoms with Gasteiger partial charge in [-0.25, -0.2) is 4.39 Å². The Morgan fingerprint density at radius 1 is 1.00 bits per heavy atom. The zero-order valence-corrected chi connectivity index (χ0v) is 15.8. The topological polar surface area (TPSA) is 80.3 Å². The van der Waals surface area contributed by atoms with Gasteiger partial charge in [-0.1, -0.05) is 18.2 Å². The van der Waals surface area contributed by atoms with Gasteiger partial charge in [-0.3, -0.25) is 14.6 Å². The lowest BCUT2D eigenvalue weighted by Gasteiger charge is -2.08. The lowest BCUT2D eigenvalue weighted by molar-refractivity contribution is 0.0953. The molecule has 1 heterocycles. The molecule has 0 saturated heterocycles. The summed E-state index contributed by atoms with van der Waals surface area (Å²) in [5, 5.41) is 5.45. The molecule has 3 aromatic rings. The van der Waals surface area contributed by atoms with Gasteiger partial charge in [0.05, 0.1) is 18.2 Å². The minimum atomic E-state index is -0.385. The largest absolute Gasteiger partial charge is 0.497 e. The standard InChI is InChI=1S/C22H20FN3O3/c1-29-19-8-6-18(7-9-19)26-22(28)17-12-16(13-24-14-17)21(27)25-11-10-15-4-2-3-5-20(15)23/h2-9,12-14H,10-11H2,1H3,(H,25,27)(H,26,28). The third-order valence-electron chi connectivity index (χ3n) is 4.25. The summed E-state index contributed by atoms with van der Waals surface area (Å²) < 4.78 is 18.7. The number of rotatable bonds is 7. The van der Waals surface area contributed by atoms with E-state index in [0.29, 0.717) is 23.4 Å². The molecule has 1 aromatic heterocycles. The molecular formula is C22H20FN3O3. The molecule has 0 saturated carbocycles. The number of ether oxygens (including phenoxy) is 1. The van der Waals surface area contributed by atoms with Gasteiger partial charge in [0.15, 0.2) is 0 Å². The second-order valence-electron chi connectivity index (χ2n) is 6.24. The molecule has 2 amide bonds. The predicted molar refractivity (Wildman–Crippen MR) is 108 cm³/mol. The highest BCUT2D eigenvalue weighted by Gasteiger charge is 2.12. The molecule has 0 radical (unpaired) electrons. The number of aromatic nitrogens is 1. The Labute approximate surface area is 167 Å². The molecule has 0 bridgehead atoms. The maximum Gasteiger partial charge on any atom is 0.257 e. The lowest BCUT2D eigenvalue weighted by Crippen LogP contribution is -2.26. The van der Waals surface area contributed by atoms with Crippen LogP contribution in [-0.4, -0.2) is 30.5 Å². The van der Waals surface area contributed by atoms with Crippen LogP contribution in [0.25, 0.3) is 0 Å². The molecular weight excluding hydrogens is 373 g/mol. The van der Waals surface area contributed by atoms with Crippen LogP contribution >= 0.6 is 0 Å². The van der Waals surface area contributed by atoms with Crippen molar-refractivity contribution in [3.63, 3.8) is 0 Å². The molecule has 148 valence electrons. The van der Waals surface area contributed by atoms with E-state index < -0.39 is 0 Å². The normalized spacial score (nSPS) is 10.3. The van der Waals surface area contributed by atoms with Crippen LogP contribution in [0.4, 0.5) is 10.1 Å². The van der Waals surface area contributed by atoms with E-state index >= 15 is 0 Å². The van der Waals surface area contributed by atoms with Crippen molar-refractivity contribution >= 4 is 17.5 Å². The maximum absolute atomic E-state index is 13.6. The molecule has 0 aliphatic rings. The summed E-state index contributed by atoms with van der Waals surface area (Å²) in [7, 11) is 1.56. The van der Waals surface area contributed by atoms with Crippen molar-refractivity contribution in [1.29, 1.82) is 0 Å². The first-order valence-electron chi connectivity index (χ1n) is 8.99. The monoisotopic (exact) mass is 393 g/mol. The molecule has 3 rings (SSSR count). The number of halogens is 1. The molecule has 6 nitrogen and oxygen atoms in total. The number of benzene rings is 2. The van der Waals surface area contributed by atoms with Gasteiger partial charge in [0.2, 0.25) is 0 Å². The number of nitrogens with one attached hydrogen (secondary N) is 2. The number of carbonyl (C=O) groups is 2. The highest BCUT2D eigenvalue weighted by Crippen LogP contribution is 2.16. The number of amides is 2. The average molecular weight is 393 g/mol. The summed E-state index contributed by atoms with van der Waals surface area (Å²) in [5.74, 6) is -0.393. The number of hydrogen-bond acceptors (Lipinski definition) is 4. The maximum atomic E-state index is 13.6. The third-order valence-corrected chi connectivity index (χ3v) is 4.25. The SMILES string of the molecule is COc1ccc(NC(=O)c2cncc(C(=O)NCCc3ccccc3F)c2)cc1. The summed E-state index contributed by atoms with van der Waals surface area (Å²) in [6.45, 7) is 0.266. The molecule has 29 heavy (non-hydrogen) atoms. The van der Waals surface area contributed by atoms with Gasteiger partial charge in [-0.2, -0.15) is 0 Å². The van der Waals surface area contributed by atoms with Crippen molar-refractivity contribution < 1.29 is 18.7 Å². The van der Waals surface area contributed by atoms with Crippen molar-refractivity contribution in [1.82, 2.24) is 10.3 Å². The number of methoxy groups -OCH3 is 1. The molecule has 0 aliphatic carbocycles. The van der Waals surface area contributed by atoms with E-state index in [1.54, 1.807) is 49.6 Å². The number of nitrogens with zero attached hydrogens (tertiary/aromatic N) is 1. The summed E-state index contributed by atoms with van der Waals surface area (Å²) in [6, 6.07) is 14.8. The van der Waals surface area contributed by atoms with Crippen LogP contribution in [0.5, 0.6) is 5.75 Å². The Morgan fingerprint density at radius 3 is 2.38 bits per heavy atom. The predicted octanol–water partition coefficient (Wildman–Crippen LogP) is 3.45. The van der Waals surface area contributed by atoms with Crippen molar-refractivity contribution in [3.05, 3.63) is 89.5 Å². The van der Waals surface area contributed by atoms with Crippen LogP contribution in [0.1, 0.15) is 26.3 Å². The molecule has 0 spiro atoms. The Hall–Kier alpha value is -3.74. The van der Waals surface area contributed by atoms with Crippen LogP contribution in [0.3, 0.4) is 0 Å². The van der Waals surface area contributed by atoms with E-state index in [1.165, 1.54) is 24.5 Å². The smallest absolute Gasteiger partial charge is 0.257 e. The molecule has 7 heteroatoms. The first-order chi connectivity index (χ1) is 14.1. The van der Waals surface area contributed by atoms with Gasteiger partial charge in [-0.15, -0.1) is 0 Å². The van der Waals surface area contributed by atoms with Gasteiger partial charge in [0, 0.05) is 24.6 Å². The van der Waals surface area contributed by atoms with Gasteiger partial charge < -0.3 is 15.4 Å². The number of carbonyl (C=O) groups excluding carboxylic acids is 2. The molecule has 2 N–H and O–H groups in total. The van der Waals surface area contributed by atoms with Crippen LogP contribution in [0.2, 0.25) is 0 Å². The highest BCUT2D eigenvalue weighted by atomic mass is 19.1. The number of hydrogen-bond donors (Lipinski definition) is 2. The van der Waals surface area contributed by atoms with Gasteiger partial charge in [0.1, 0.15) is 11.6 Å². The van der Waals surface area contributed by atoms with E-state index in [4.69, 9.17) is 4.74 Å². The molecule has 0 atom stereocenters. The Balaban J connectivity index is 1.59. The minimum Gasteiger partial charge on any atom is -0.497 e. The van der Waals surface area contributed by atoms with Crippen molar-refractivity contribution in [3.8, 4) is 5.75 Å². The summed E-state index contributed by atoms with van der Waals surface area (Å²) in [6.07, 6.45) is 3.13. The molecule has 0 aliphatic heterocycles. The molecule has 0 unspecified atom stereocenters. The van der Waals surface area contributed by atoms with E-state index in [2.05, 4.69) is 15.6 Å². The van der Waals surface area contributed by atoms with E-state index in [0.717, 1.165) is 0 Å². The van der Waals surface area contributed by atoms with E-state index in [-0.39, 0.29) is 35.3 Å². The first-order valence-corrected chi connectivity index (χ1v) is 8.99. The van der Waals surface area contributed by atoms with Crippen molar-refractivity contribution in [2.24, 2.45) is 0 Å². The second-order valence-corrected chi connectivity index (χ2v) is 6.24. The average Bonchev–Trinajstić information content (AvgIpc) is 2.75. The zero-order valence-electron chi connectivity index (χ0n) is 15.8. The minimum absolute atomic E-state index is 0.251. The second kappa shape index (κ2) is 9.45. The van der Waals surface area contributed by atoms with Gasteiger partial charge in [0.25, 0.3) is 11.8 Å². The third kappa shape index (κ3) is 5.38. The van der Waals surface area contributed by atoms with E-state index in [1.807, 2.05) is 0 Å². The van der Waals surface area contributed by atoms with Crippen LogP contribution in [0.15, 0.2) is 67.0 Å². The number of pyridine rings is 1. The Morgan fingerprint density at radius 2 is 1.69 bits per heavy atom. The Bertz CT molecular complexity index is 1010. The fraction of sp³-hybridized carbons (Fsp3) is 0.136. The summed E-state index contributed by atoms with van der Waals surface area (Å²) >= 11 is 0. The first kappa shape index (κ1) is 20.0. The summed E-state index contributed by atoms with van der Waals surface area (Å²) in [5.41, 5.74) is 1.62.